The molecule has 0 saturated heterocycles. The number of terminal acetylenes is 1. The molecule has 1 heteroatoms. The highest BCUT2D eigenvalue weighted by molar-refractivity contribution is 6.30. The van der Waals surface area contributed by atoms with Gasteiger partial charge < -0.3 is 0 Å². The van der Waals surface area contributed by atoms with Gasteiger partial charge in [-0.25, -0.2) is 0 Å². The van der Waals surface area contributed by atoms with Crippen molar-refractivity contribution >= 4 is 11.6 Å². The maximum Gasteiger partial charge on any atom is 0.0497 e. The van der Waals surface area contributed by atoms with E-state index >= 15 is 0 Å². The summed E-state index contributed by atoms with van der Waals surface area (Å²) in [5.74, 6) is 2.46. The summed E-state index contributed by atoms with van der Waals surface area (Å²) in [7, 11) is 0. The van der Waals surface area contributed by atoms with Crippen molar-refractivity contribution in [3.05, 3.63) is 34.9 Å². The molecule has 1 aromatic rings. The van der Waals surface area contributed by atoms with Crippen LogP contribution in [0.3, 0.4) is 0 Å². The maximum absolute atomic E-state index is 5.57. The molecular weight excluding hydrogens is 132 g/mol. The van der Waals surface area contributed by atoms with E-state index in [1.807, 2.05) is 0 Å². The van der Waals surface area contributed by atoms with Crippen LogP contribution in [-0.4, -0.2) is 0 Å². The fourth-order valence-electron chi connectivity index (χ4n) is 0.527. The Labute approximate surface area is 59.5 Å². The van der Waals surface area contributed by atoms with Crippen molar-refractivity contribution in [3.8, 4) is 12.3 Å². The zero-order valence-electron chi connectivity index (χ0n) is 4.69. The van der Waals surface area contributed by atoms with Crippen LogP contribution in [0.5, 0.6) is 0 Å². The van der Waals surface area contributed by atoms with Gasteiger partial charge in [0.05, 0.1) is 0 Å². The standard InChI is InChI=1S/C8H4Cl/c1-2-7-4-3-5-8(9)6-7/h1,3-4,6H. The molecule has 0 bridgehead atoms. The van der Waals surface area contributed by atoms with Crippen LogP contribution in [0.15, 0.2) is 18.2 Å². The SMILES string of the molecule is C#Cc1cc[c]c(Cl)c1. The van der Waals surface area contributed by atoms with E-state index in [9.17, 15) is 0 Å². The minimum atomic E-state index is 0.561. The summed E-state index contributed by atoms with van der Waals surface area (Å²) in [6, 6.07) is 7.96. The number of hydrogen-bond donors (Lipinski definition) is 0. The average Bonchev–Trinajstić information content (AvgIpc) is 1.88. The molecule has 1 radical (unpaired) electrons. The second-order valence-electron chi connectivity index (χ2n) is 1.57. The van der Waals surface area contributed by atoms with Crippen LogP contribution < -0.4 is 0 Å². The van der Waals surface area contributed by atoms with Gasteiger partial charge in [-0.15, -0.1) is 6.42 Å². The van der Waals surface area contributed by atoms with Crippen LogP contribution >= 0.6 is 11.6 Å². The van der Waals surface area contributed by atoms with Gasteiger partial charge in [0.1, 0.15) is 0 Å². The zero-order valence-corrected chi connectivity index (χ0v) is 5.44. The van der Waals surface area contributed by atoms with Crippen molar-refractivity contribution in [2.75, 3.05) is 0 Å². The molecule has 0 amide bonds. The van der Waals surface area contributed by atoms with E-state index in [-0.39, 0.29) is 0 Å². The van der Waals surface area contributed by atoms with E-state index in [2.05, 4.69) is 12.0 Å². The molecular formula is C8H4Cl. The molecule has 0 aliphatic carbocycles. The van der Waals surface area contributed by atoms with Crippen LogP contribution in [-0.2, 0) is 0 Å². The van der Waals surface area contributed by atoms with Crippen molar-refractivity contribution in [2.45, 2.75) is 0 Å². The van der Waals surface area contributed by atoms with Gasteiger partial charge in [0.2, 0.25) is 0 Å². The molecule has 0 unspecified atom stereocenters. The molecule has 1 aromatic carbocycles. The van der Waals surface area contributed by atoms with Gasteiger partial charge in [-0.3, -0.25) is 0 Å². The van der Waals surface area contributed by atoms with Crippen LogP contribution in [0.1, 0.15) is 5.56 Å². The first-order valence-electron chi connectivity index (χ1n) is 2.47. The number of benzene rings is 1. The predicted molar refractivity (Wildman–Crippen MR) is 38.2 cm³/mol. The van der Waals surface area contributed by atoms with Gasteiger partial charge in [0.25, 0.3) is 0 Å². The molecule has 1 rings (SSSR count). The van der Waals surface area contributed by atoms with Gasteiger partial charge in [0, 0.05) is 16.7 Å². The first kappa shape index (κ1) is 6.19. The van der Waals surface area contributed by atoms with Crippen molar-refractivity contribution < 1.29 is 0 Å². The molecule has 0 atom stereocenters. The Balaban J connectivity index is 3.12. The third-order valence-electron chi connectivity index (χ3n) is 0.933. The monoisotopic (exact) mass is 135 g/mol. The Morgan fingerprint density at radius 2 is 2.44 bits per heavy atom. The lowest BCUT2D eigenvalue weighted by Gasteiger charge is -1.87. The third-order valence-corrected chi connectivity index (χ3v) is 1.15. The molecule has 9 heavy (non-hydrogen) atoms. The van der Waals surface area contributed by atoms with Crippen LogP contribution in [0, 0.1) is 18.4 Å². The Morgan fingerprint density at radius 1 is 1.67 bits per heavy atom. The van der Waals surface area contributed by atoms with Crippen LogP contribution in [0.4, 0.5) is 0 Å². The molecule has 0 aliphatic heterocycles. The average molecular weight is 136 g/mol. The smallest absolute Gasteiger partial charge is 0.0497 e. The fraction of sp³-hybridized carbons (Fsp3) is 0. The lowest BCUT2D eigenvalue weighted by molar-refractivity contribution is 1.64. The minimum Gasteiger partial charge on any atom is -0.115 e. The van der Waals surface area contributed by atoms with E-state index in [1.54, 1.807) is 18.2 Å². The molecule has 0 spiro atoms. The normalized spacial score (nSPS) is 8.44. The molecule has 0 aliphatic rings. The summed E-state index contributed by atoms with van der Waals surface area (Å²) in [6.45, 7) is 0. The van der Waals surface area contributed by atoms with E-state index < -0.39 is 0 Å². The van der Waals surface area contributed by atoms with Crippen LogP contribution in [0.25, 0.3) is 0 Å². The topological polar surface area (TPSA) is 0 Å². The van der Waals surface area contributed by atoms with Crippen molar-refractivity contribution in [2.24, 2.45) is 0 Å². The minimum absolute atomic E-state index is 0.561. The Kier molecular flexibility index (Phi) is 1.77. The molecule has 0 N–H and O–H groups in total. The Morgan fingerprint density at radius 3 is 2.89 bits per heavy atom. The highest BCUT2D eigenvalue weighted by atomic mass is 35.5. The molecule has 43 valence electrons. The molecule has 0 nitrogen and oxygen atoms in total. The number of hydrogen-bond acceptors (Lipinski definition) is 0. The second kappa shape index (κ2) is 2.57. The highest BCUT2D eigenvalue weighted by Crippen LogP contribution is 2.07. The van der Waals surface area contributed by atoms with Gasteiger partial charge in [-0.2, -0.15) is 0 Å². The quantitative estimate of drug-likeness (QED) is 0.478. The largest absolute Gasteiger partial charge is 0.115 e. The predicted octanol–water partition coefficient (Wildman–Crippen LogP) is 2.12. The summed E-state index contributed by atoms with van der Waals surface area (Å²) in [6.07, 6.45) is 5.10. The number of halogens is 1. The van der Waals surface area contributed by atoms with Gasteiger partial charge in [0.15, 0.2) is 0 Å². The van der Waals surface area contributed by atoms with E-state index in [4.69, 9.17) is 18.0 Å². The highest BCUT2D eigenvalue weighted by Gasteiger charge is 1.86. The third kappa shape index (κ3) is 1.48. The van der Waals surface area contributed by atoms with Gasteiger partial charge >= 0.3 is 0 Å². The first-order chi connectivity index (χ1) is 4.33. The van der Waals surface area contributed by atoms with Gasteiger partial charge in [-0.1, -0.05) is 23.6 Å². The van der Waals surface area contributed by atoms with Crippen molar-refractivity contribution in [3.63, 3.8) is 0 Å². The molecule has 0 heterocycles. The molecule has 0 saturated carbocycles. The molecule has 0 aromatic heterocycles. The van der Waals surface area contributed by atoms with Crippen molar-refractivity contribution in [1.29, 1.82) is 0 Å². The summed E-state index contributed by atoms with van der Waals surface area (Å²) < 4.78 is 0. The van der Waals surface area contributed by atoms with E-state index in [0.717, 1.165) is 5.56 Å². The summed E-state index contributed by atoms with van der Waals surface area (Å²) in [5.41, 5.74) is 0.791. The maximum atomic E-state index is 5.57. The fourth-order valence-corrected chi connectivity index (χ4v) is 0.708. The number of rotatable bonds is 0. The second-order valence-corrected chi connectivity index (χ2v) is 1.98. The lowest BCUT2D eigenvalue weighted by Crippen LogP contribution is -1.70. The summed E-state index contributed by atoms with van der Waals surface area (Å²) >= 11 is 5.57. The van der Waals surface area contributed by atoms with Crippen LogP contribution in [0.2, 0.25) is 5.02 Å². The Hall–Kier alpha value is -0.930. The summed E-state index contributed by atoms with van der Waals surface area (Å²) in [5, 5.41) is 0.561. The van der Waals surface area contributed by atoms with Gasteiger partial charge in [-0.05, 0) is 12.1 Å². The Bertz CT molecular complexity index is 245. The zero-order chi connectivity index (χ0) is 6.69. The van der Waals surface area contributed by atoms with Crippen molar-refractivity contribution in [1.82, 2.24) is 0 Å². The summed E-state index contributed by atoms with van der Waals surface area (Å²) in [4.78, 5) is 0. The lowest BCUT2D eigenvalue weighted by atomic mass is 10.2. The van der Waals surface area contributed by atoms with E-state index in [1.165, 1.54) is 0 Å². The van der Waals surface area contributed by atoms with E-state index in [0.29, 0.717) is 5.02 Å². The molecule has 0 fully saturated rings. The first-order valence-corrected chi connectivity index (χ1v) is 2.84.